The summed E-state index contributed by atoms with van der Waals surface area (Å²) < 4.78 is 0. The van der Waals surface area contributed by atoms with Gasteiger partial charge >= 0.3 is 0 Å². The minimum atomic E-state index is 0.682. The van der Waals surface area contributed by atoms with E-state index in [0.717, 1.165) is 24.0 Å². The molecule has 0 radical (unpaired) electrons. The van der Waals surface area contributed by atoms with Gasteiger partial charge in [-0.15, -0.1) is 0 Å². The summed E-state index contributed by atoms with van der Waals surface area (Å²) in [7, 11) is 0. The van der Waals surface area contributed by atoms with Crippen LogP contribution in [0.5, 0.6) is 0 Å². The third-order valence-corrected chi connectivity index (χ3v) is 3.76. The van der Waals surface area contributed by atoms with Crippen LogP contribution in [0, 0.1) is 5.92 Å². The Hall–Kier alpha value is -0.860. The standard InChI is InChI=1S/C12H19N3/c1-2-4-9(3-1)5-8-11-13-12(15-14-11)10-6-7-10/h9-10H,1-8H2,(H,13,14,15). The van der Waals surface area contributed by atoms with Crippen LogP contribution in [-0.2, 0) is 6.42 Å². The van der Waals surface area contributed by atoms with E-state index >= 15 is 0 Å². The number of H-pyrrole nitrogens is 1. The van der Waals surface area contributed by atoms with E-state index in [9.17, 15) is 0 Å². The second-order valence-corrected chi connectivity index (χ2v) is 5.10. The minimum absolute atomic E-state index is 0.682. The van der Waals surface area contributed by atoms with Gasteiger partial charge in [0.1, 0.15) is 5.82 Å². The maximum atomic E-state index is 4.57. The quantitative estimate of drug-likeness (QED) is 0.821. The number of nitrogens with one attached hydrogen (secondary N) is 1. The molecule has 3 heteroatoms. The van der Waals surface area contributed by atoms with Crippen LogP contribution in [-0.4, -0.2) is 15.2 Å². The van der Waals surface area contributed by atoms with Crippen LogP contribution >= 0.6 is 0 Å². The van der Waals surface area contributed by atoms with Gasteiger partial charge in [-0.3, -0.25) is 5.10 Å². The molecular formula is C12H19N3. The molecule has 2 aliphatic carbocycles. The van der Waals surface area contributed by atoms with Gasteiger partial charge < -0.3 is 0 Å². The summed E-state index contributed by atoms with van der Waals surface area (Å²) >= 11 is 0. The average molecular weight is 205 g/mol. The van der Waals surface area contributed by atoms with E-state index in [1.807, 2.05) is 0 Å². The number of aromatic amines is 1. The summed E-state index contributed by atoms with van der Waals surface area (Å²) in [5.41, 5.74) is 0. The monoisotopic (exact) mass is 205 g/mol. The smallest absolute Gasteiger partial charge is 0.153 e. The van der Waals surface area contributed by atoms with Crippen LogP contribution < -0.4 is 0 Å². The van der Waals surface area contributed by atoms with E-state index in [1.54, 1.807) is 0 Å². The first-order valence-electron chi connectivity index (χ1n) is 6.33. The fourth-order valence-corrected chi connectivity index (χ4v) is 2.59. The summed E-state index contributed by atoms with van der Waals surface area (Å²) in [5, 5.41) is 7.38. The largest absolute Gasteiger partial charge is 0.263 e. The Labute approximate surface area is 90.7 Å². The van der Waals surface area contributed by atoms with E-state index in [1.165, 1.54) is 44.9 Å². The van der Waals surface area contributed by atoms with Gasteiger partial charge in [-0.05, 0) is 25.2 Å². The van der Waals surface area contributed by atoms with Crippen molar-refractivity contribution in [2.24, 2.45) is 5.92 Å². The molecule has 0 saturated heterocycles. The minimum Gasteiger partial charge on any atom is -0.263 e. The molecule has 1 aromatic rings. The summed E-state index contributed by atoms with van der Waals surface area (Å²) in [6.45, 7) is 0. The number of aromatic nitrogens is 3. The summed E-state index contributed by atoms with van der Waals surface area (Å²) in [5.74, 6) is 3.82. The highest BCUT2D eigenvalue weighted by atomic mass is 15.2. The average Bonchev–Trinajstić information content (AvgIpc) is 2.82. The lowest BCUT2D eigenvalue weighted by atomic mass is 10.0. The van der Waals surface area contributed by atoms with Crippen LogP contribution in [0.4, 0.5) is 0 Å². The highest BCUT2D eigenvalue weighted by molar-refractivity contribution is 5.05. The molecule has 1 heterocycles. The number of hydrogen-bond acceptors (Lipinski definition) is 2. The van der Waals surface area contributed by atoms with Gasteiger partial charge in [-0.1, -0.05) is 25.7 Å². The Kier molecular flexibility index (Phi) is 2.47. The Balaban J connectivity index is 1.52. The Morgan fingerprint density at radius 3 is 2.67 bits per heavy atom. The van der Waals surface area contributed by atoms with Crippen molar-refractivity contribution in [3.63, 3.8) is 0 Å². The molecule has 3 rings (SSSR count). The van der Waals surface area contributed by atoms with Gasteiger partial charge in [0.15, 0.2) is 5.82 Å². The first-order valence-corrected chi connectivity index (χ1v) is 6.33. The molecule has 2 saturated carbocycles. The molecule has 2 aliphatic rings. The van der Waals surface area contributed by atoms with Gasteiger partial charge in [0, 0.05) is 12.3 Å². The van der Waals surface area contributed by atoms with Crippen molar-refractivity contribution in [3.8, 4) is 0 Å². The van der Waals surface area contributed by atoms with Crippen molar-refractivity contribution in [1.29, 1.82) is 0 Å². The second kappa shape index (κ2) is 3.95. The highest BCUT2D eigenvalue weighted by Crippen LogP contribution is 2.37. The predicted molar refractivity (Wildman–Crippen MR) is 58.6 cm³/mol. The highest BCUT2D eigenvalue weighted by Gasteiger charge is 2.27. The Bertz CT molecular complexity index is 321. The molecule has 0 bridgehead atoms. The predicted octanol–water partition coefficient (Wildman–Crippen LogP) is 2.80. The zero-order chi connectivity index (χ0) is 10.1. The molecule has 2 fully saturated rings. The van der Waals surface area contributed by atoms with E-state index in [-0.39, 0.29) is 0 Å². The number of rotatable bonds is 4. The molecule has 82 valence electrons. The summed E-state index contributed by atoms with van der Waals surface area (Å²) in [6, 6.07) is 0. The van der Waals surface area contributed by atoms with Crippen LogP contribution in [0.1, 0.15) is 62.5 Å². The van der Waals surface area contributed by atoms with Gasteiger partial charge in [0.25, 0.3) is 0 Å². The number of nitrogens with zero attached hydrogens (tertiary/aromatic N) is 2. The lowest BCUT2D eigenvalue weighted by Crippen LogP contribution is -1.97. The van der Waals surface area contributed by atoms with Crippen molar-refractivity contribution >= 4 is 0 Å². The van der Waals surface area contributed by atoms with Gasteiger partial charge in [-0.25, -0.2) is 4.98 Å². The Morgan fingerprint density at radius 2 is 1.93 bits per heavy atom. The van der Waals surface area contributed by atoms with Gasteiger partial charge in [0.2, 0.25) is 0 Å². The molecule has 1 N–H and O–H groups in total. The van der Waals surface area contributed by atoms with Crippen LogP contribution in [0.3, 0.4) is 0 Å². The van der Waals surface area contributed by atoms with Gasteiger partial charge in [0.05, 0.1) is 0 Å². The third kappa shape index (κ3) is 2.21. The SMILES string of the molecule is C1CCC(CCc2nc(C3CC3)n[nH]2)C1. The van der Waals surface area contributed by atoms with Crippen molar-refractivity contribution in [3.05, 3.63) is 11.6 Å². The Morgan fingerprint density at radius 1 is 1.13 bits per heavy atom. The molecule has 0 unspecified atom stereocenters. The molecule has 15 heavy (non-hydrogen) atoms. The zero-order valence-electron chi connectivity index (χ0n) is 9.21. The molecule has 0 aromatic carbocycles. The van der Waals surface area contributed by atoms with Gasteiger partial charge in [-0.2, -0.15) is 5.10 Å². The molecule has 3 nitrogen and oxygen atoms in total. The fraction of sp³-hybridized carbons (Fsp3) is 0.833. The normalized spacial score (nSPS) is 22.4. The van der Waals surface area contributed by atoms with E-state index in [2.05, 4.69) is 15.2 Å². The number of hydrogen-bond donors (Lipinski definition) is 1. The van der Waals surface area contributed by atoms with Crippen molar-refractivity contribution in [2.75, 3.05) is 0 Å². The van der Waals surface area contributed by atoms with E-state index in [0.29, 0.717) is 5.92 Å². The van der Waals surface area contributed by atoms with Crippen LogP contribution in [0.15, 0.2) is 0 Å². The summed E-state index contributed by atoms with van der Waals surface area (Å²) in [6.07, 6.45) is 10.7. The first-order chi connectivity index (χ1) is 7.42. The lowest BCUT2D eigenvalue weighted by Gasteiger charge is -2.05. The lowest BCUT2D eigenvalue weighted by molar-refractivity contribution is 0.497. The van der Waals surface area contributed by atoms with E-state index in [4.69, 9.17) is 0 Å². The topological polar surface area (TPSA) is 41.6 Å². The molecule has 0 spiro atoms. The molecular weight excluding hydrogens is 186 g/mol. The summed E-state index contributed by atoms with van der Waals surface area (Å²) in [4.78, 5) is 4.57. The van der Waals surface area contributed by atoms with E-state index < -0.39 is 0 Å². The fourth-order valence-electron chi connectivity index (χ4n) is 2.59. The molecule has 0 aliphatic heterocycles. The van der Waals surface area contributed by atoms with Crippen LogP contribution in [0.2, 0.25) is 0 Å². The molecule has 0 amide bonds. The second-order valence-electron chi connectivity index (χ2n) is 5.10. The first kappa shape index (κ1) is 9.37. The molecule has 0 atom stereocenters. The van der Waals surface area contributed by atoms with Crippen molar-refractivity contribution in [2.45, 2.75) is 57.3 Å². The van der Waals surface area contributed by atoms with Crippen molar-refractivity contribution in [1.82, 2.24) is 15.2 Å². The maximum absolute atomic E-state index is 4.57. The third-order valence-electron chi connectivity index (χ3n) is 3.76. The maximum Gasteiger partial charge on any atom is 0.153 e. The number of aryl methyl sites for hydroxylation is 1. The molecule has 1 aromatic heterocycles. The zero-order valence-corrected chi connectivity index (χ0v) is 9.21. The van der Waals surface area contributed by atoms with Crippen molar-refractivity contribution < 1.29 is 0 Å². The van der Waals surface area contributed by atoms with Crippen LogP contribution in [0.25, 0.3) is 0 Å².